The van der Waals surface area contributed by atoms with Crippen LogP contribution >= 0.6 is 0 Å². The molecule has 0 aliphatic rings. The van der Waals surface area contributed by atoms with Crippen LogP contribution in [0.4, 0.5) is 17.6 Å². The molecular weight excluding hydrogens is 490 g/mol. The summed E-state index contributed by atoms with van der Waals surface area (Å²) in [5.41, 5.74) is 2.36. The molecule has 0 saturated carbocycles. The van der Waals surface area contributed by atoms with E-state index in [4.69, 9.17) is 4.74 Å². The van der Waals surface area contributed by atoms with Crippen molar-refractivity contribution in [2.75, 3.05) is 13.2 Å². The van der Waals surface area contributed by atoms with Gasteiger partial charge in [0.2, 0.25) is 0 Å². The topological polar surface area (TPSA) is 21.3 Å². The molecule has 3 aromatic rings. The van der Waals surface area contributed by atoms with Crippen LogP contribution in [0.5, 0.6) is 5.75 Å². The molecule has 205 valence electrons. The van der Waals surface area contributed by atoms with Gasteiger partial charge in [-0.15, -0.1) is 0 Å². The third kappa shape index (κ3) is 8.59. The van der Waals surface area contributed by atoms with Crippen LogP contribution in [-0.4, -0.2) is 13.2 Å². The van der Waals surface area contributed by atoms with Crippen molar-refractivity contribution < 1.29 is 22.3 Å². The largest absolute Gasteiger partial charge is 0.492 e. The molecule has 6 heteroatoms. The van der Waals surface area contributed by atoms with E-state index in [9.17, 15) is 17.6 Å². The molecule has 0 aromatic heterocycles. The van der Waals surface area contributed by atoms with Crippen LogP contribution in [0, 0.1) is 31.5 Å². The fraction of sp³-hybridized carbons (Fsp3) is 0.406. The molecule has 0 heterocycles. The standard InChI is InChI=1S/C32H38F4NO/c1-5-24(4)28(18-23(3)19-29-30(32(34,35)36)10-7-11-31(29)33)26-8-6-9-27(20-26)38-17-16-37-21-25-14-12-22(2)13-15-25/h6-15,20,23-24,28,37H,1,5,16-19,21H2,2-4H3. The van der Waals surface area contributed by atoms with Crippen molar-refractivity contribution in [3.63, 3.8) is 0 Å². The van der Waals surface area contributed by atoms with E-state index in [-0.39, 0.29) is 29.7 Å². The maximum absolute atomic E-state index is 14.4. The van der Waals surface area contributed by atoms with Gasteiger partial charge in [-0.25, -0.2) is 4.39 Å². The molecule has 0 saturated heterocycles. The van der Waals surface area contributed by atoms with E-state index in [1.54, 1.807) is 0 Å². The van der Waals surface area contributed by atoms with Crippen molar-refractivity contribution in [1.29, 1.82) is 0 Å². The Bertz CT molecular complexity index is 1140. The zero-order valence-corrected chi connectivity index (χ0v) is 22.5. The first-order chi connectivity index (χ1) is 18.1. The summed E-state index contributed by atoms with van der Waals surface area (Å²) in [4.78, 5) is 0. The van der Waals surface area contributed by atoms with Crippen molar-refractivity contribution in [2.45, 2.75) is 58.7 Å². The van der Waals surface area contributed by atoms with Gasteiger partial charge in [0, 0.05) is 18.7 Å². The Hall–Kier alpha value is -2.86. The second-order valence-electron chi connectivity index (χ2n) is 10.3. The van der Waals surface area contributed by atoms with Gasteiger partial charge in [0.25, 0.3) is 0 Å². The smallest absolute Gasteiger partial charge is 0.416 e. The summed E-state index contributed by atoms with van der Waals surface area (Å²) in [6, 6.07) is 19.4. The van der Waals surface area contributed by atoms with Crippen LogP contribution < -0.4 is 10.1 Å². The number of ether oxygens (including phenoxy) is 1. The highest BCUT2D eigenvalue weighted by Crippen LogP contribution is 2.38. The summed E-state index contributed by atoms with van der Waals surface area (Å²) in [5.74, 6) is 0.0442. The first-order valence-corrected chi connectivity index (χ1v) is 13.2. The van der Waals surface area contributed by atoms with Crippen molar-refractivity contribution in [3.8, 4) is 5.75 Å². The van der Waals surface area contributed by atoms with Crippen molar-refractivity contribution in [1.82, 2.24) is 5.32 Å². The van der Waals surface area contributed by atoms with Gasteiger partial charge < -0.3 is 10.1 Å². The molecule has 0 aliphatic carbocycles. The third-order valence-electron chi connectivity index (χ3n) is 7.06. The highest BCUT2D eigenvalue weighted by molar-refractivity contribution is 5.33. The summed E-state index contributed by atoms with van der Waals surface area (Å²) in [5, 5.41) is 3.38. The third-order valence-corrected chi connectivity index (χ3v) is 7.06. The first kappa shape index (κ1) is 29.7. The predicted molar refractivity (Wildman–Crippen MR) is 146 cm³/mol. The van der Waals surface area contributed by atoms with E-state index in [1.807, 2.05) is 31.2 Å². The number of benzene rings is 3. The highest BCUT2D eigenvalue weighted by atomic mass is 19.4. The minimum Gasteiger partial charge on any atom is -0.492 e. The zero-order valence-electron chi connectivity index (χ0n) is 22.5. The van der Waals surface area contributed by atoms with E-state index >= 15 is 0 Å². The van der Waals surface area contributed by atoms with Crippen LogP contribution in [0.25, 0.3) is 0 Å². The number of hydrogen-bond acceptors (Lipinski definition) is 2. The summed E-state index contributed by atoms with van der Waals surface area (Å²) < 4.78 is 60.9. The molecular formula is C32H38F4NO. The fourth-order valence-corrected chi connectivity index (χ4v) is 4.81. The molecule has 1 radical (unpaired) electrons. The maximum Gasteiger partial charge on any atom is 0.416 e. The van der Waals surface area contributed by atoms with E-state index in [2.05, 4.69) is 50.4 Å². The van der Waals surface area contributed by atoms with Gasteiger partial charge in [-0.05, 0) is 72.9 Å². The molecule has 38 heavy (non-hydrogen) atoms. The number of aryl methyl sites for hydroxylation is 1. The molecule has 3 aromatic carbocycles. The first-order valence-electron chi connectivity index (χ1n) is 13.2. The van der Waals surface area contributed by atoms with Gasteiger partial charge >= 0.3 is 6.18 Å². The number of halogens is 4. The highest BCUT2D eigenvalue weighted by Gasteiger charge is 2.35. The molecule has 2 nitrogen and oxygen atoms in total. The van der Waals surface area contributed by atoms with Gasteiger partial charge in [0.05, 0.1) is 5.56 Å². The quantitative estimate of drug-likeness (QED) is 0.177. The van der Waals surface area contributed by atoms with Gasteiger partial charge in [-0.1, -0.05) is 75.2 Å². The SMILES string of the molecule is [CH2]CC(C)C(CC(C)Cc1c(F)cccc1C(F)(F)F)c1cccc(OCCNCc2ccc(C)cc2)c1. The second-order valence-corrected chi connectivity index (χ2v) is 10.3. The Balaban J connectivity index is 1.62. The average molecular weight is 529 g/mol. The van der Waals surface area contributed by atoms with Crippen molar-refractivity contribution in [2.24, 2.45) is 11.8 Å². The predicted octanol–water partition coefficient (Wildman–Crippen LogP) is 8.53. The van der Waals surface area contributed by atoms with Crippen LogP contribution in [0.3, 0.4) is 0 Å². The van der Waals surface area contributed by atoms with Gasteiger partial charge in [0.1, 0.15) is 18.2 Å². The van der Waals surface area contributed by atoms with Crippen LogP contribution in [0.15, 0.2) is 66.7 Å². The lowest BCUT2D eigenvalue weighted by molar-refractivity contribution is -0.138. The monoisotopic (exact) mass is 528 g/mol. The fourth-order valence-electron chi connectivity index (χ4n) is 4.81. The summed E-state index contributed by atoms with van der Waals surface area (Å²) in [7, 11) is 0. The number of alkyl halides is 3. The van der Waals surface area contributed by atoms with Crippen LogP contribution in [0.2, 0.25) is 0 Å². The Labute approximate surface area is 224 Å². The summed E-state index contributed by atoms with van der Waals surface area (Å²) >= 11 is 0. The Morgan fingerprint density at radius 2 is 1.68 bits per heavy atom. The van der Waals surface area contributed by atoms with Crippen LogP contribution in [-0.2, 0) is 19.1 Å². The molecule has 0 fully saturated rings. The van der Waals surface area contributed by atoms with Crippen molar-refractivity contribution in [3.05, 3.63) is 107 Å². The summed E-state index contributed by atoms with van der Waals surface area (Å²) in [6.45, 7) is 12.1. The minimum absolute atomic E-state index is 0.0186. The number of hydrogen-bond donors (Lipinski definition) is 1. The molecule has 0 spiro atoms. The van der Waals surface area contributed by atoms with Crippen molar-refractivity contribution >= 4 is 0 Å². The van der Waals surface area contributed by atoms with Gasteiger partial charge in [-0.2, -0.15) is 13.2 Å². The molecule has 1 N–H and O–H groups in total. The number of rotatable bonds is 13. The zero-order chi connectivity index (χ0) is 27.7. The summed E-state index contributed by atoms with van der Waals surface area (Å²) in [6.07, 6.45) is -3.27. The van der Waals surface area contributed by atoms with E-state index in [0.29, 0.717) is 26.0 Å². The van der Waals surface area contributed by atoms with E-state index in [1.165, 1.54) is 11.1 Å². The Kier molecular flexibility index (Phi) is 10.8. The van der Waals surface area contributed by atoms with E-state index in [0.717, 1.165) is 36.1 Å². The lowest BCUT2D eigenvalue weighted by atomic mass is 9.78. The van der Waals surface area contributed by atoms with Crippen LogP contribution in [0.1, 0.15) is 60.4 Å². The van der Waals surface area contributed by atoms with Gasteiger partial charge in [0.15, 0.2) is 0 Å². The lowest BCUT2D eigenvalue weighted by Crippen LogP contribution is -2.20. The average Bonchev–Trinajstić information content (AvgIpc) is 2.88. The van der Waals surface area contributed by atoms with E-state index < -0.39 is 17.6 Å². The lowest BCUT2D eigenvalue weighted by Gasteiger charge is -2.27. The van der Waals surface area contributed by atoms with Gasteiger partial charge in [-0.3, -0.25) is 0 Å². The Morgan fingerprint density at radius 3 is 2.37 bits per heavy atom. The molecule has 3 unspecified atom stereocenters. The normalized spacial score (nSPS) is 14.2. The second kappa shape index (κ2) is 13.8. The maximum atomic E-state index is 14.4. The molecule has 0 aliphatic heterocycles. The minimum atomic E-state index is -4.59. The molecule has 3 rings (SSSR count). The molecule has 0 amide bonds. The number of nitrogens with one attached hydrogen (secondary N) is 1. The molecule has 3 atom stereocenters. The molecule has 0 bridgehead atoms. The Morgan fingerprint density at radius 1 is 0.974 bits per heavy atom.